The lowest BCUT2D eigenvalue weighted by molar-refractivity contribution is -0.143. The number of hydrogen-bond acceptors (Lipinski definition) is 5. The minimum Gasteiger partial charge on any atom is -0.480 e. The molecular weight excluding hydrogens is 316 g/mol. The first-order chi connectivity index (χ1) is 11.3. The maximum Gasteiger partial charge on any atom is 0.408 e. The molecule has 0 saturated carbocycles. The monoisotopic (exact) mass is 338 g/mol. The summed E-state index contributed by atoms with van der Waals surface area (Å²) in [6.45, 7) is 2.69. The second-order valence-corrected chi connectivity index (χ2v) is 5.51. The second kappa shape index (κ2) is 9.51. The predicted molar refractivity (Wildman–Crippen MR) is 85.0 cm³/mol. The van der Waals surface area contributed by atoms with E-state index in [1.807, 2.05) is 18.2 Å². The summed E-state index contributed by atoms with van der Waals surface area (Å²) in [5, 5.41) is 22.4. The van der Waals surface area contributed by atoms with E-state index in [4.69, 9.17) is 14.9 Å². The SMILES string of the molecule is CC(C)C(NC(=O)OCc1ccccc1)C(=O)NC(CO)C(=O)O. The summed E-state index contributed by atoms with van der Waals surface area (Å²) in [5.74, 6) is -2.37. The average molecular weight is 338 g/mol. The van der Waals surface area contributed by atoms with Gasteiger partial charge in [-0.3, -0.25) is 4.79 Å². The van der Waals surface area contributed by atoms with E-state index in [9.17, 15) is 14.4 Å². The molecule has 0 aliphatic carbocycles. The highest BCUT2D eigenvalue weighted by atomic mass is 16.5. The maximum absolute atomic E-state index is 12.1. The molecule has 0 aliphatic rings. The quantitative estimate of drug-likeness (QED) is 0.547. The Hall–Kier alpha value is -2.61. The van der Waals surface area contributed by atoms with Crippen molar-refractivity contribution in [2.45, 2.75) is 32.5 Å². The molecule has 132 valence electrons. The van der Waals surface area contributed by atoms with Gasteiger partial charge in [0.2, 0.25) is 5.91 Å². The van der Waals surface area contributed by atoms with E-state index in [2.05, 4.69) is 10.6 Å². The summed E-state index contributed by atoms with van der Waals surface area (Å²) in [6.07, 6.45) is -0.788. The highest BCUT2D eigenvalue weighted by Crippen LogP contribution is 2.05. The standard InChI is InChI=1S/C16H22N2O6/c1-10(2)13(14(20)17-12(8-19)15(21)22)18-16(23)24-9-11-6-4-3-5-7-11/h3-7,10,12-13,19H,8-9H2,1-2H3,(H,17,20)(H,18,23)(H,21,22). The predicted octanol–water partition coefficient (Wildman–Crippen LogP) is 0.499. The van der Waals surface area contributed by atoms with Gasteiger partial charge in [-0.1, -0.05) is 44.2 Å². The van der Waals surface area contributed by atoms with Gasteiger partial charge in [-0.2, -0.15) is 0 Å². The summed E-state index contributed by atoms with van der Waals surface area (Å²) in [5.41, 5.74) is 0.796. The number of aliphatic carboxylic acids is 1. The molecule has 4 N–H and O–H groups in total. The number of carbonyl (C=O) groups is 3. The summed E-state index contributed by atoms with van der Waals surface area (Å²) in [6, 6.07) is 6.62. The molecule has 0 spiro atoms. The van der Waals surface area contributed by atoms with Crippen LogP contribution in [0, 0.1) is 5.92 Å². The van der Waals surface area contributed by atoms with Gasteiger partial charge in [-0.05, 0) is 11.5 Å². The van der Waals surface area contributed by atoms with E-state index in [0.29, 0.717) is 0 Å². The van der Waals surface area contributed by atoms with Crippen LogP contribution in [0.1, 0.15) is 19.4 Å². The summed E-state index contributed by atoms with van der Waals surface area (Å²) in [7, 11) is 0. The molecule has 0 bridgehead atoms. The third-order valence-corrected chi connectivity index (χ3v) is 3.23. The largest absolute Gasteiger partial charge is 0.480 e. The lowest BCUT2D eigenvalue weighted by Gasteiger charge is -2.23. The fourth-order valence-corrected chi connectivity index (χ4v) is 1.87. The highest BCUT2D eigenvalue weighted by Gasteiger charge is 2.28. The lowest BCUT2D eigenvalue weighted by atomic mass is 10.0. The number of nitrogens with one attached hydrogen (secondary N) is 2. The Labute approximate surface area is 139 Å². The van der Waals surface area contributed by atoms with Crippen LogP contribution in [0.3, 0.4) is 0 Å². The van der Waals surface area contributed by atoms with Gasteiger partial charge in [0.1, 0.15) is 18.7 Å². The number of amides is 2. The van der Waals surface area contributed by atoms with E-state index >= 15 is 0 Å². The van der Waals surface area contributed by atoms with Crippen molar-refractivity contribution in [1.82, 2.24) is 10.6 Å². The maximum atomic E-state index is 12.1. The Morgan fingerprint density at radius 1 is 1.12 bits per heavy atom. The van der Waals surface area contributed by atoms with Gasteiger partial charge < -0.3 is 25.6 Å². The summed E-state index contributed by atoms with van der Waals surface area (Å²) in [4.78, 5) is 34.8. The van der Waals surface area contributed by atoms with Crippen molar-refractivity contribution in [1.29, 1.82) is 0 Å². The molecule has 24 heavy (non-hydrogen) atoms. The number of ether oxygens (including phenoxy) is 1. The molecule has 2 amide bonds. The van der Waals surface area contributed by atoms with Crippen LogP contribution in [0.2, 0.25) is 0 Å². The molecule has 1 aromatic carbocycles. The van der Waals surface area contributed by atoms with E-state index in [1.165, 1.54) is 0 Å². The van der Waals surface area contributed by atoms with E-state index in [-0.39, 0.29) is 12.5 Å². The van der Waals surface area contributed by atoms with E-state index in [1.54, 1.807) is 26.0 Å². The van der Waals surface area contributed by atoms with Crippen molar-refractivity contribution in [3.05, 3.63) is 35.9 Å². The van der Waals surface area contributed by atoms with Gasteiger partial charge in [0.25, 0.3) is 0 Å². The minimum atomic E-state index is -1.43. The van der Waals surface area contributed by atoms with Gasteiger partial charge in [-0.25, -0.2) is 9.59 Å². The van der Waals surface area contributed by atoms with Crippen molar-refractivity contribution >= 4 is 18.0 Å². The Kier molecular flexibility index (Phi) is 7.70. The Bertz CT molecular complexity index is 561. The zero-order valence-corrected chi connectivity index (χ0v) is 13.6. The fraction of sp³-hybridized carbons (Fsp3) is 0.438. The van der Waals surface area contributed by atoms with Crippen molar-refractivity contribution in [3.8, 4) is 0 Å². The van der Waals surface area contributed by atoms with Crippen LogP contribution in [0.4, 0.5) is 4.79 Å². The van der Waals surface area contributed by atoms with Crippen molar-refractivity contribution < 1.29 is 29.3 Å². The number of benzene rings is 1. The average Bonchev–Trinajstić information content (AvgIpc) is 2.55. The Morgan fingerprint density at radius 3 is 2.25 bits per heavy atom. The van der Waals surface area contributed by atoms with Crippen molar-refractivity contribution in [3.63, 3.8) is 0 Å². The van der Waals surface area contributed by atoms with Crippen molar-refractivity contribution in [2.75, 3.05) is 6.61 Å². The van der Waals surface area contributed by atoms with Crippen LogP contribution in [0.15, 0.2) is 30.3 Å². The van der Waals surface area contributed by atoms with Gasteiger partial charge in [0, 0.05) is 0 Å². The van der Waals surface area contributed by atoms with E-state index < -0.39 is 36.7 Å². The number of carboxylic acid groups (broad SMARTS) is 1. The smallest absolute Gasteiger partial charge is 0.408 e. The molecule has 8 heteroatoms. The first-order valence-electron chi connectivity index (χ1n) is 7.46. The number of carboxylic acids is 1. The Morgan fingerprint density at radius 2 is 1.75 bits per heavy atom. The van der Waals surface area contributed by atoms with Gasteiger partial charge in [0.05, 0.1) is 6.61 Å². The first kappa shape index (κ1) is 19.4. The van der Waals surface area contributed by atoms with Crippen LogP contribution in [0.5, 0.6) is 0 Å². The zero-order valence-electron chi connectivity index (χ0n) is 13.6. The molecule has 2 unspecified atom stereocenters. The molecule has 0 aliphatic heterocycles. The minimum absolute atomic E-state index is 0.0491. The Balaban J connectivity index is 2.59. The molecule has 0 heterocycles. The number of aliphatic hydroxyl groups excluding tert-OH is 1. The third-order valence-electron chi connectivity index (χ3n) is 3.23. The molecule has 0 radical (unpaired) electrons. The molecule has 1 rings (SSSR count). The molecule has 0 fully saturated rings. The summed E-state index contributed by atoms with van der Waals surface area (Å²) >= 11 is 0. The number of alkyl carbamates (subject to hydrolysis) is 1. The molecule has 0 aromatic heterocycles. The number of hydrogen-bond donors (Lipinski definition) is 4. The number of rotatable bonds is 8. The molecule has 2 atom stereocenters. The van der Waals surface area contributed by atoms with Crippen molar-refractivity contribution in [2.24, 2.45) is 5.92 Å². The molecular formula is C16H22N2O6. The molecule has 8 nitrogen and oxygen atoms in total. The number of carbonyl (C=O) groups excluding carboxylic acids is 2. The topological polar surface area (TPSA) is 125 Å². The highest BCUT2D eigenvalue weighted by molar-refractivity contribution is 5.89. The first-order valence-corrected chi connectivity index (χ1v) is 7.46. The van der Waals surface area contributed by atoms with Crippen LogP contribution in [0.25, 0.3) is 0 Å². The normalized spacial score (nSPS) is 13.0. The van der Waals surface area contributed by atoms with Crippen LogP contribution in [-0.4, -0.2) is 46.9 Å². The van der Waals surface area contributed by atoms with Gasteiger partial charge in [-0.15, -0.1) is 0 Å². The number of aliphatic hydroxyl groups is 1. The zero-order chi connectivity index (χ0) is 18.1. The fourth-order valence-electron chi connectivity index (χ4n) is 1.87. The van der Waals surface area contributed by atoms with E-state index in [0.717, 1.165) is 5.56 Å². The third kappa shape index (κ3) is 6.25. The molecule has 1 aromatic rings. The van der Waals surface area contributed by atoms with Crippen LogP contribution in [-0.2, 0) is 20.9 Å². The van der Waals surface area contributed by atoms with Gasteiger partial charge in [0.15, 0.2) is 0 Å². The van der Waals surface area contributed by atoms with Gasteiger partial charge >= 0.3 is 12.1 Å². The second-order valence-electron chi connectivity index (χ2n) is 5.51. The molecule has 0 saturated heterocycles. The summed E-state index contributed by atoms with van der Waals surface area (Å²) < 4.78 is 5.04. The lowest BCUT2D eigenvalue weighted by Crippen LogP contribution is -2.54. The van der Waals surface area contributed by atoms with Crippen LogP contribution >= 0.6 is 0 Å². The van der Waals surface area contributed by atoms with Crippen LogP contribution < -0.4 is 10.6 Å².